The third-order valence-corrected chi connectivity index (χ3v) is 5.41. The van der Waals surface area contributed by atoms with E-state index >= 15 is 0 Å². The average Bonchev–Trinajstić information content (AvgIpc) is 2.70. The predicted octanol–water partition coefficient (Wildman–Crippen LogP) is 1.59. The molecule has 0 saturated carbocycles. The summed E-state index contributed by atoms with van der Waals surface area (Å²) in [7, 11) is -2.39. The molecule has 0 bridgehead atoms. The number of nitrogens with zero attached hydrogens (tertiary/aromatic N) is 1. The van der Waals surface area contributed by atoms with Crippen LogP contribution in [0.3, 0.4) is 0 Å². The van der Waals surface area contributed by atoms with E-state index in [1.807, 2.05) is 0 Å². The summed E-state index contributed by atoms with van der Waals surface area (Å²) in [4.78, 5) is 35.1. The summed E-state index contributed by atoms with van der Waals surface area (Å²) in [5.41, 5.74) is 0.771. The zero-order chi connectivity index (χ0) is 23.8. The summed E-state index contributed by atoms with van der Waals surface area (Å²) in [6.45, 7) is -0.0622. The van der Waals surface area contributed by atoms with Gasteiger partial charge in [-0.2, -0.15) is 21.6 Å². The zero-order valence-electron chi connectivity index (χ0n) is 17.0. The number of halogens is 3. The fraction of sp³-hybridized carbons (Fsp3) is 0.500. The zero-order valence-corrected chi connectivity index (χ0v) is 17.8. The van der Waals surface area contributed by atoms with Gasteiger partial charge in [0.1, 0.15) is 6.04 Å². The van der Waals surface area contributed by atoms with Crippen molar-refractivity contribution in [2.24, 2.45) is 0 Å². The standard InChI is InChI=1S/C18H22F3NO8S/c1-12-4-6-13(7-5-12)31(26,27)30-11-10-22(17(25)18(19,20)21)14(16(24)29-3)8-9-15(23)28-2/h4-7,14H,8-11H2,1-3H3/t14-/m0/s1. The van der Waals surface area contributed by atoms with Crippen LogP contribution in [0.5, 0.6) is 0 Å². The van der Waals surface area contributed by atoms with Gasteiger partial charge >= 0.3 is 24.0 Å². The molecule has 0 radical (unpaired) electrons. The lowest BCUT2D eigenvalue weighted by Gasteiger charge is -2.30. The molecule has 13 heteroatoms. The van der Waals surface area contributed by atoms with E-state index in [1.54, 1.807) is 6.92 Å². The number of benzene rings is 1. The third kappa shape index (κ3) is 7.83. The largest absolute Gasteiger partial charge is 0.471 e. The highest BCUT2D eigenvalue weighted by molar-refractivity contribution is 7.86. The topological polar surface area (TPSA) is 116 Å². The van der Waals surface area contributed by atoms with Crippen LogP contribution < -0.4 is 0 Å². The highest BCUT2D eigenvalue weighted by atomic mass is 32.2. The molecular weight excluding hydrogens is 447 g/mol. The smallest absolute Gasteiger partial charge is 0.469 e. The highest BCUT2D eigenvalue weighted by Crippen LogP contribution is 2.23. The molecule has 1 aromatic carbocycles. The van der Waals surface area contributed by atoms with Crippen LogP contribution in [-0.2, 0) is 38.2 Å². The predicted molar refractivity (Wildman–Crippen MR) is 99.1 cm³/mol. The van der Waals surface area contributed by atoms with E-state index in [0.717, 1.165) is 19.8 Å². The van der Waals surface area contributed by atoms with Crippen LogP contribution in [0.25, 0.3) is 0 Å². The maximum absolute atomic E-state index is 13.1. The number of carbonyl (C=O) groups is 3. The van der Waals surface area contributed by atoms with Crippen molar-refractivity contribution < 1.29 is 49.6 Å². The minimum absolute atomic E-state index is 0.0689. The first-order valence-corrected chi connectivity index (χ1v) is 10.2. The van der Waals surface area contributed by atoms with Crippen molar-refractivity contribution in [1.82, 2.24) is 4.90 Å². The second-order valence-corrected chi connectivity index (χ2v) is 7.85. The molecule has 0 aliphatic rings. The summed E-state index contributed by atoms with van der Waals surface area (Å²) in [6, 6.07) is 3.67. The van der Waals surface area contributed by atoms with Crippen molar-refractivity contribution in [2.75, 3.05) is 27.4 Å². The average molecular weight is 469 g/mol. The molecule has 9 nitrogen and oxygen atoms in total. The van der Waals surface area contributed by atoms with Crippen LogP contribution in [0.15, 0.2) is 29.2 Å². The number of hydrogen-bond donors (Lipinski definition) is 0. The van der Waals surface area contributed by atoms with E-state index in [9.17, 15) is 36.0 Å². The second kappa shape index (κ2) is 11.1. The van der Waals surface area contributed by atoms with Crippen LogP contribution in [0.1, 0.15) is 18.4 Å². The molecule has 1 rings (SSSR count). The fourth-order valence-corrected chi connectivity index (χ4v) is 3.37. The quantitative estimate of drug-likeness (QED) is 0.375. The first kappa shape index (κ1) is 26.4. The van der Waals surface area contributed by atoms with Crippen molar-refractivity contribution in [3.63, 3.8) is 0 Å². The molecule has 31 heavy (non-hydrogen) atoms. The van der Waals surface area contributed by atoms with Gasteiger partial charge in [-0.05, 0) is 25.5 Å². The van der Waals surface area contributed by atoms with Gasteiger partial charge in [-0.3, -0.25) is 13.8 Å². The van der Waals surface area contributed by atoms with Crippen molar-refractivity contribution in [3.05, 3.63) is 29.8 Å². The SMILES string of the molecule is COC(=O)CC[C@@H](C(=O)OC)N(CCOS(=O)(=O)c1ccc(C)cc1)C(=O)C(F)(F)F. The van der Waals surface area contributed by atoms with Gasteiger partial charge in [0.25, 0.3) is 10.1 Å². The Morgan fingerprint density at radius 2 is 1.65 bits per heavy atom. The van der Waals surface area contributed by atoms with Gasteiger partial charge in [0, 0.05) is 13.0 Å². The summed E-state index contributed by atoms with van der Waals surface area (Å²) in [5, 5.41) is 0. The Morgan fingerprint density at radius 3 is 2.13 bits per heavy atom. The number of hydrogen-bond acceptors (Lipinski definition) is 8. The number of amides is 1. The molecular formula is C18H22F3NO8S. The molecule has 0 spiro atoms. The van der Waals surface area contributed by atoms with Gasteiger partial charge in [0.2, 0.25) is 0 Å². The van der Waals surface area contributed by atoms with E-state index in [2.05, 4.69) is 9.47 Å². The van der Waals surface area contributed by atoms with E-state index in [0.29, 0.717) is 0 Å². The van der Waals surface area contributed by atoms with Crippen molar-refractivity contribution >= 4 is 28.0 Å². The minimum Gasteiger partial charge on any atom is -0.469 e. The summed E-state index contributed by atoms with van der Waals surface area (Å²) < 4.78 is 77.1. The normalized spacial score (nSPS) is 12.7. The number of alkyl halides is 3. The van der Waals surface area contributed by atoms with Crippen molar-refractivity contribution in [3.8, 4) is 0 Å². The maximum Gasteiger partial charge on any atom is 0.471 e. The molecule has 0 saturated heterocycles. The van der Waals surface area contributed by atoms with E-state index < -0.39 is 66.2 Å². The Balaban J connectivity index is 3.05. The number of aryl methyl sites for hydroxylation is 1. The lowest BCUT2D eigenvalue weighted by molar-refractivity contribution is -0.190. The number of methoxy groups -OCH3 is 2. The maximum atomic E-state index is 13.1. The van der Waals surface area contributed by atoms with Crippen LogP contribution in [-0.4, -0.2) is 70.8 Å². The monoisotopic (exact) mass is 469 g/mol. The van der Waals surface area contributed by atoms with E-state index in [-0.39, 0.29) is 9.80 Å². The molecule has 1 aromatic rings. The number of carbonyl (C=O) groups excluding carboxylic acids is 3. The number of esters is 2. The Kier molecular flexibility index (Phi) is 9.43. The highest BCUT2D eigenvalue weighted by Gasteiger charge is 2.46. The molecule has 0 aliphatic heterocycles. The van der Waals surface area contributed by atoms with Crippen LogP contribution in [0.2, 0.25) is 0 Å². The van der Waals surface area contributed by atoms with Gasteiger partial charge < -0.3 is 14.4 Å². The van der Waals surface area contributed by atoms with Gasteiger partial charge in [-0.1, -0.05) is 17.7 Å². The molecule has 0 fully saturated rings. The van der Waals surface area contributed by atoms with Gasteiger partial charge in [0.05, 0.1) is 25.7 Å². The first-order valence-electron chi connectivity index (χ1n) is 8.82. The molecule has 0 N–H and O–H groups in total. The summed E-state index contributed by atoms with van der Waals surface area (Å²) in [5.74, 6) is -4.46. The lowest BCUT2D eigenvalue weighted by Crippen LogP contribution is -2.52. The Morgan fingerprint density at radius 1 is 1.06 bits per heavy atom. The van der Waals surface area contributed by atoms with E-state index in [4.69, 9.17) is 4.18 Å². The molecule has 0 heterocycles. The number of ether oxygens (including phenoxy) is 2. The van der Waals surface area contributed by atoms with Gasteiger partial charge in [-0.15, -0.1) is 0 Å². The third-order valence-electron chi connectivity index (χ3n) is 4.08. The van der Waals surface area contributed by atoms with E-state index in [1.165, 1.54) is 24.3 Å². The lowest BCUT2D eigenvalue weighted by atomic mass is 10.1. The van der Waals surface area contributed by atoms with Gasteiger partial charge in [-0.25, -0.2) is 4.79 Å². The molecule has 1 amide bonds. The van der Waals surface area contributed by atoms with Crippen LogP contribution >= 0.6 is 0 Å². The Bertz CT molecular complexity index is 884. The molecule has 1 atom stereocenters. The summed E-state index contributed by atoms with van der Waals surface area (Å²) >= 11 is 0. The van der Waals surface area contributed by atoms with Gasteiger partial charge in [0.15, 0.2) is 0 Å². The fourth-order valence-electron chi connectivity index (χ4n) is 2.47. The van der Waals surface area contributed by atoms with Crippen LogP contribution in [0.4, 0.5) is 13.2 Å². The minimum atomic E-state index is -5.37. The molecule has 174 valence electrons. The molecule has 0 unspecified atom stereocenters. The summed E-state index contributed by atoms with van der Waals surface area (Å²) in [6.07, 6.45) is -6.39. The second-order valence-electron chi connectivity index (χ2n) is 6.24. The van der Waals surface area contributed by atoms with Crippen LogP contribution in [0, 0.1) is 6.92 Å². The Hall–Kier alpha value is -2.67. The Labute approximate surface area is 177 Å². The number of rotatable bonds is 10. The van der Waals surface area contributed by atoms with Crippen molar-refractivity contribution in [1.29, 1.82) is 0 Å². The van der Waals surface area contributed by atoms with Crippen molar-refractivity contribution in [2.45, 2.75) is 36.9 Å². The first-order chi connectivity index (χ1) is 14.3. The molecule has 0 aliphatic carbocycles. The molecule has 0 aromatic heterocycles.